The molecule has 0 aromatic heterocycles. The van der Waals surface area contributed by atoms with Crippen LogP contribution in [-0.4, -0.2) is 36.5 Å². The van der Waals surface area contributed by atoms with Crippen molar-refractivity contribution in [2.45, 2.75) is 57.9 Å². The average molecular weight is 238 g/mol. The highest BCUT2D eigenvalue weighted by Crippen LogP contribution is 2.23. The van der Waals surface area contributed by atoms with Crippen LogP contribution in [0.4, 0.5) is 0 Å². The van der Waals surface area contributed by atoms with Gasteiger partial charge in [0.2, 0.25) is 5.91 Å². The molecule has 3 heteroatoms. The lowest BCUT2D eigenvalue weighted by molar-refractivity contribution is -0.131. The quantitative estimate of drug-likeness (QED) is 0.814. The number of hydrogen-bond acceptors (Lipinski definition) is 2. The van der Waals surface area contributed by atoms with Crippen LogP contribution in [0.2, 0.25) is 0 Å². The first-order valence-corrected chi connectivity index (χ1v) is 7.30. The van der Waals surface area contributed by atoms with Gasteiger partial charge in [-0.3, -0.25) is 4.79 Å². The number of nitrogens with one attached hydrogen (secondary N) is 1. The van der Waals surface area contributed by atoms with Crippen molar-refractivity contribution in [3.8, 4) is 0 Å². The molecule has 2 aliphatic heterocycles. The van der Waals surface area contributed by atoms with E-state index in [2.05, 4.69) is 17.1 Å². The Hall–Kier alpha value is -0.570. The van der Waals surface area contributed by atoms with E-state index in [-0.39, 0.29) is 0 Å². The van der Waals surface area contributed by atoms with Gasteiger partial charge < -0.3 is 10.2 Å². The van der Waals surface area contributed by atoms with Crippen LogP contribution in [0.15, 0.2) is 0 Å². The van der Waals surface area contributed by atoms with Gasteiger partial charge in [0.15, 0.2) is 0 Å². The summed E-state index contributed by atoms with van der Waals surface area (Å²) in [7, 11) is 0. The van der Waals surface area contributed by atoms with E-state index in [1.807, 2.05) is 0 Å². The van der Waals surface area contributed by atoms with Crippen LogP contribution in [-0.2, 0) is 4.79 Å². The van der Waals surface area contributed by atoms with Crippen LogP contribution in [0.5, 0.6) is 0 Å². The van der Waals surface area contributed by atoms with Crippen LogP contribution in [0.3, 0.4) is 0 Å². The molecule has 2 rings (SSSR count). The molecule has 0 saturated carbocycles. The van der Waals surface area contributed by atoms with Gasteiger partial charge in [0.25, 0.3) is 0 Å². The molecule has 1 N–H and O–H groups in total. The first-order chi connectivity index (χ1) is 8.29. The molecule has 17 heavy (non-hydrogen) atoms. The Morgan fingerprint density at radius 2 is 2.24 bits per heavy atom. The van der Waals surface area contributed by atoms with Gasteiger partial charge in [-0.2, -0.15) is 0 Å². The van der Waals surface area contributed by atoms with E-state index in [0.717, 1.165) is 38.4 Å². The predicted octanol–water partition coefficient (Wildman–Crippen LogP) is 2.17. The number of amides is 1. The first-order valence-electron chi connectivity index (χ1n) is 7.30. The molecule has 2 fully saturated rings. The molecule has 2 heterocycles. The fraction of sp³-hybridized carbons (Fsp3) is 0.929. The van der Waals surface area contributed by atoms with Crippen molar-refractivity contribution in [3.63, 3.8) is 0 Å². The highest BCUT2D eigenvalue weighted by molar-refractivity contribution is 5.76. The molecule has 1 amide bonds. The second-order valence-electron chi connectivity index (χ2n) is 5.62. The number of carbonyl (C=O) groups is 1. The van der Waals surface area contributed by atoms with Crippen molar-refractivity contribution in [1.82, 2.24) is 10.2 Å². The highest BCUT2D eigenvalue weighted by Gasteiger charge is 2.25. The summed E-state index contributed by atoms with van der Waals surface area (Å²) in [4.78, 5) is 14.2. The van der Waals surface area contributed by atoms with Crippen molar-refractivity contribution in [1.29, 1.82) is 0 Å². The molecule has 2 saturated heterocycles. The third-order valence-electron chi connectivity index (χ3n) is 4.23. The number of hydrogen-bond donors (Lipinski definition) is 1. The highest BCUT2D eigenvalue weighted by atomic mass is 16.2. The van der Waals surface area contributed by atoms with Gasteiger partial charge in [-0.05, 0) is 38.1 Å². The summed E-state index contributed by atoms with van der Waals surface area (Å²) in [6, 6.07) is 0.557. The zero-order chi connectivity index (χ0) is 12.1. The molecule has 98 valence electrons. The van der Waals surface area contributed by atoms with Crippen molar-refractivity contribution in [2.24, 2.45) is 5.92 Å². The Labute approximate surface area is 105 Å². The largest absolute Gasteiger partial charge is 0.341 e. The van der Waals surface area contributed by atoms with E-state index < -0.39 is 0 Å². The van der Waals surface area contributed by atoms with Crippen molar-refractivity contribution < 1.29 is 4.79 Å². The molecule has 0 bridgehead atoms. The minimum Gasteiger partial charge on any atom is -0.341 e. The fourth-order valence-electron chi connectivity index (χ4n) is 3.16. The Bertz CT molecular complexity index is 249. The minimum atomic E-state index is 0.386. The summed E-state index contributed by atoms with van der Waals surface area (Å²) in [5.41, 5.74) is 0. The lowest BCUT2D eigenvalue weighted by Gasteiger charge is -2.24. The van der Waals surface area contributed by atoms with E-state index in [1.165, 1.54) is 32.1 Å². The third-order valence-corrected chi connectivity index (χ3v) is 4.23. The Morgan fingerprint density at radius 3 is 2.94 bits per heavy atom. The standard InChI is InChI=1S/C14H26N2O/c1-2-4-12-6-7-14(17)16(10-8-12)11-13-5-3-9-15-13/h12-13,15H,2-11H2,1H3. The molecule has 0 aromatic carbocycles. The number of rotatable bonds is 4. The second kappa shape index (κ2) is 6.39. The lowest BCUT2D eigenvalue weighted by Crippen LogP contribution is -2.40. The number of likely N-dealkylation sites (tertiary alicyclic amines) is 1. The lowest BCUT2D eigenvalue weighted by atomic mass is 9.96. The van der Waals surface area contributed by atoms with E-state index >= 15 is 0 Å². The number of carbonyl (C=O) groups excluding carboxylic acids is 1. The molecule has 0 aliphatic carbocycles. The predicted molar refractivity (Wildman–Crippen MR) is 69.9 cm³/mol. The van der Waals surface area contributed by atoms with Crippen LogP contribution in [0.1, 0.15) is 51.9 Å². The Balaban J connectivity index is 1.82. The molecule has 0 aromatic rings. The maximum absolute atomic E-state index is 12.0. The molecule has 2 atom stereocenters. The zero-order valence-corrected chi connectivity index (χ0v) is 11.1. The van der Waals surface area contributed by atoms with Crippen molar-refractivity contribution in [3.05, 3.63) is 0 Å². The summed E-state index contributed by atoms with van der Waals surface area (Å²) >= 11 is 0. The van der Waals surface area contributed by atoms with Gasteiger partial charge in [0, 0.05) is 25.6 Å². The molecule has 2 unspecified atom stereocenters. The van der Waals surface area contributed by atoms with Gasteiger partial charge in [-0.1, -0.05) is 19.8 Å². The minimum absolute atomic E-state index is 0.386. The summed E-state index contributed by atoms with van der Waals surface area (Å²) in [6.45, 7) is 5.30. The van der Waals surface area contributed by atoms with Crippen LogP contribution >= 0.6 is 0 Å². The van der Waals surface area contributed by atoms with E-state index in [9.17, 15) is 4.79 Å². The molecule has 0 radical (unpaired) electrons. The Morgan fingerprint density at radius 1 is 1.35 bits per heavy atom. The maximum Gasteiger partial charge on any atom is 0.222 e. The van der Waals surface area contributed by atoms with Crippen LogP contribution < -0.4 is 5.32 Å². The van der Waals surface area contributed by atoms with Gasteiger partial charge in [0.05, 0.1) is 0 Å². The smallest absolute Gasteiger partial charge is 0.222 e. The second-order valence-corrected chi connectivity index (χ2v) is 5.62. The third kappa shape index (κ3) is 3.70. The van der Waals surface area contributed by atoms with Crippen molar-refractivity contribution >= 4 is 5.91 Å². The summed E-state index contributed by atoms with van der Waals surface area (Å²) < 4.78 is 0. The Kier molecular flexibility index (Phi) is 4.84. The van der Waals surface area contributed by atoms with E-state index in [0.29, 0.717) is 11.9 Å². The molecular formula is C14H26N2O. The summed E-state index contributed by atoms with van der Waals surface area (Å²) in [5.74, 6) is 1.17. The average Bonchev–Trinajstić information content (AvgIpc) is 2.77. The van der Waals surface area contributed by atoms with Gasteiger partial charge in [-0.25, -0.2) is 0 Å². The normalized spacial score (nSPS) is 30.6. The van der Waals surface area contributed by atoms with E-state index in [4.69, 9.17) is 0 Å². The fourth-order valence-corrected chi connectivity index (χ4v) is 3.16. The van der Waals surface area contributed by atoms with Crippen molar-refractivity contribution in [2.75, 3.05) is 19.6 Å². The summed E-state index contributed by atoms with van der Waals surface area (Å²) in [5, 5.41) is 3.49. The van der Waals surface area contributed by atoms with Crippen LogP contribution in [0.25, 0.3) is 0 Å². The van der Waals surface area contributed by atoms with Gasteiger partial charge >= 0.3 is 0 Å². The summed E-state index contributed by atoms with van der Waals surface area (Å²) in [6.07, 6.45) is 8.16. The molecule has 3 nitrogen and oxygen atoms in total. The molecule has 2 aliphatic rings. The number of nitrogens with zero attached hydrogens (tertiary/aromatic N) is 1. The maximum atomic E-state index is 12.0. The van der Waals surface area contributed by atoms with Gasteiger partial charge in [0.1, 0.15) is 0 Å². The monoisotopic (exact) mass is 238 g/mol. The van der Waals surface area contributed by atoms with Gasteiger partial charge in [-0.15, -0.1) is 0 Å². The SMILES string of the molecule is CCCC1CCC(=O)N(CC2CCCN2)CC1. The zero-order valence-electron chi connectivity index (χ0n) is 11.1. The first kappa shape index (κ1) is 12.9. The topological polar surface area (TPSA) is 32.3 Å². The van der Waals surface area contributed by atoms with E-state index in [1.54, 1.807) is 0 Å². The molecular weight excluding hydrogens is 212 g/mol. The molecule has 0 spiro atoms. The van der Waals surface area contributed by atoms with Crippen LogP contribution in [0, 0.1) is 5.92 Å².